The first-order valence-electron chi connectivity index (χ1n) is 7.95. The van der Waals surface area contributed by atoms with Crippen LogP contribution < -0.4 is 5.32 Å². The largest absolute Gasteiger partial charge is 0.311 e. The summed E-state index contributed by atoms with van der Waals surface area (Å²) in [6.45, 7) is 5.27. The monoisotopic (exact) mass is 353 g/mol. The first-order valence-corrected chi connectivity index (χ1v) is 8.74. The van der Waals surface area contributed by atoms with Crippen LogP contribution in [0.3, 0.4) is 0 Å². The average Bonchev–Trinajstić information content (AvgIpc) is 2.46. The number of benzene rings is 1. The third-order valence-electron chi connectivity index (χ3n) is 4.15. The third-order valence-corrected chi connectivity index (χ3v) is 4.83. The maximum absolute atomic E-state index is 13.2. The minimum atomic E-state index is -0.196. The van der Waals surface area contributed by atoms with Crippen LogP contribution in [-0.2, 0) is 0 Å². The van der Waals surface area contributed by atoms with Crippen LogP contribution in [0.2, 0.25) is 0 Å². The van der Waals surface area contributed by atoms with Crippen LogP contribution in [0.4, 0.5) is 4.39 Å². The highest BCUT2D eigenvalue weighted by Crippen LogP contribution is 2.32. The van der Waals surface area contributed by atoms with Gasteiger partial charge in [0.1, 0.15) is 5.82 Å². The van der Waals surface area contributed by atoms with Gasteiger partial charge >= 0.3 is 0 Å². The van der Waals surface area contributed by atoms with Crippen molar-refractivity contribution in [2.24, 2.45) is 5.92 Å². The number of rotatable bonds is 5. The molecule has 1 aromatic carbocycles. The van der Waals surface area contributed by atoms with Crippen molar-refractivity contribution in [1.82, 2.24) is 5.32 Å². The second-order valence-corrected chi connectivity index (χ2v) is 7.11. The molecule has 1 fully saturated rings. The number of halogens is 2. The van der Waals surface area contributed by atoms with Crippen LogP contribution in [0.1, 0.15) is 51.5 Å². The van der Waals surface area contributed by atoms with E-state index < -0.39 is 0 Å². The minimum Gasteiger partial charge on any atom is -0.311 e. The van der Waals surface area contributed by atoms with Crippen LogP contribution >= 0.6 is 15.9 Å². The minimum absolute atomic E-state index is 0.196. The molecule has 0 bridgehead atoms. The summed E-state index contributed by atoms with van der Waals surface area (Å²) >= 11 is 3.47. The molecule has 0 amide bonds. The van der Waals surface area contributed by atoms with Gasteiger partial charge in [-0.05, 0) is 36.5 Å². The molecule has 0 aromatic heterocycles. The first kappa shape index (κ1) is 16.7. The molecule has 2 rings (SSSR count). The molecule has 1 aliphatic carbocycles. The summed E-state index contributed by atoms with van der Waals surface area (Å²) in [5.41, 5.74) is 2.53. The van der Waals surface area contributed by atoms with Crippen LogP contribution in [-0.4, -0.2) is 12.6 Å². The Morgan fingerprint density at radius 3 is 2.67 bits per heavy atom. The van der Waals surface area contributed by atoms with Gasteiger partial charge in [-0.15, -0.1) is 0 Å². The maximum Gasteiger partial charge on any atom is 0.124 e. The van der Waals surface area contributed by atoms with Gasteiger partial charge in [0.2, 0.25) is 0 Å². The molecule has 1 N–H and O–H groups in total. The summed E-state index contributed by atoms with van der Waals surface area (Å²) in [6, 6.07) is 5.41. The molecule has 0 atom stereocenters. The Kier molecular flexibility index (Phi) is 6.43. The highest BCUT2D eigenvalue weighted by Gasteiger charge is 2.18. The zero-order valence-corrected chi connectivity index (χ0v) is 14.5. The predicted molar refractivity (Wildman–Crippen MR) is 91.8 cm³/mol. The van der Waals surface area contributed by atoms with E-state index in [1.54, 1.807) is 6.07 Å². The lowest BCUT2D eigenvalue weighted by Gasteiger charge is -2.26. The van der Waals surface area contributed by atoms with E-state index in [0.717, 1.165) is 16.6 Å². The summed E-state index contributed by atoms with van der Waals surface area (Å²) < 4.78 is 14.1. The molecule has 0 unspecified atom stereocenters. The Bertz CT molecular complexity index is 490. The van der Waals surface area contributed by atoms with Crippen molar-refractivity contribution >= 4 is 22.0 Å². The smallest absolute Gasteiger partial charge is 0.124 e. The van der Waals surface area contributed by atoms with Gasteiger partial charge in [-0.1, -0.05) is 66.8 Å². The number of hydrogen-bond donors (Lipinski definition) is 1. The summed E-state index contributed by atoms with van der Waals surface area (Å²) in [7, 11) is 0. The molecule has 1 aliphatic rings. The van der Waals surface area contributed by atoms with Gasteiger partial charge in [-0.25, -0.2) is 4.39 Å². The lowest BCUT2D eigenvalue weighted by molar-refractivity contribution is 0.394. The molecule has 0 heterocycles. The predicted octanol–water partition coefficient (Wildman–Crippen LogP) is 5.55. The number of nitrogens with one attached hydrogen (secondary N) is 1. The Balaban J connectivity index is 2.21. The molecule has 116 valence electrons. The van der Waals surface area contributed by atoms with E-state index >= 15 is 0 Å². The van der Waals surface area contributed by atoms with E-state index in [1.807, 2.05) is 6.07 Å². The van der Waals surface area contributed by atoms with Crippen molar-refractivity contribution in [3.8, 4) is 0 Å². The summed E-state index contributed by atoms with van der Waals surface area (Å²) in [5, 5.41) is 3.54. The Labute approximate surface area is 136 Å². The third kappa shape index (κ3) is 5.23. The van der Waals surface area contributed by atoms with Gasteiger partial charge in [0.15, 0.2) is 0 Å². The van der Waals surface area contributed by atoms with E-state index in [-0.39, 0.29) is 5.82 Å². The van der Waals surface area contributed by atoms with Crippen molar-refractivity contribution in [1.29, 1.82) is 0 Å². The van der Waals surface area contributed by atoms with Crippen LogP contribution in [0.25, 0.3) is 6.08 Å². The van der Waals surface area contributed by atoms with Gasteiger partial charge < -0.3 is 5.32 Å². The van der Waals surface area contributed by atoms with Gasteiger partial charge in [0.25, 0.3) is 0 Å². The molecule has 0 radical (unpaired) electrons. The van der Waals surface area contributed by atoms with E-state index in [0.29, 0.717) is 12.0 Å². The van der Waals surface area contributed by atoms with E-state index in [9.17, 15) is 4.39 Å². The van der Waals surface area contributed by atoms with Crippen molar-refractivity contribution < 1.29 is 4.39 Å². The lowest BCUT2D eigenvalue weighted by Crippen LogP contribution is -2.27. The van der Waals surface area contributed by atoms with E-state index in [1.165, 1.54) is 43.7 Å². The van der Waals surface area contributed by atoms with E-state index in [4.69, 9.17) is 0 Å². The highest BCUT2D eigenvalue weighted by molar-refractivity contribution is 9.10. The van der Waals surface area contributed by atoms with Gasteiger partial charge in [-0.3, -0.25) is 0 Å². The fourth-order valence-electron chi connectivity index (χ4n) is 2.93. The zero-order valence-electron chi connectivity index (χ0n) is 13.0. The Hall–Kier alpha value is -0.670. The topological polar surface area (TPSA) is 12.0 Å². The van der Waals surface area contributed by atoms with Crippen LogP contribution in [0, 0.1) is 11.7 Å². The molecule has 1 saturated carbocycles. The Morgan fingerprint density at radius 2 is 2.05 bits per heavy atom. The highest BCUT2D eigenvalue weighted by atomic mass is 79.9. The average molecular weight is 354 g/mol. The first-order chi connectivity index (χ1) is 10.1. The van der Waals surface area contributed by atoms with Gasteiger partial charge in [0.05, 0.1) is 0 Å². The second-order valence-electron chi connectivity index (χ2n) is 6.26. The van der Waals surface area contributed by atoms with Crippen molar-refractivity contribution in [2.45, 2.75) is 52.0 Å². The summed E-state index contributed by atoms with van der Waals surface area (Å²) in [6.07, 6.45) is 8.83. The SMILES string of the molecule is CC(C)NC/C(=C/c1ccc(F)cc1Br)C1CCCCC1. The molecule has 21 heavy (non-hydrogen) atoms. The van der Waals surface area contributed by atoms with E-state index in [2.05, 4.69) is 41.2 Å². The molecular weight excluding hydrogens is 329 g/mol. The summed E-state index contributed by atoms with van der Waals surface area (Å²) in [4.78, 5) is 0. The van der Waals surface area contributed by atoms with Gasteiger partial charge in [-0.2, -0.15) is 0 Å². The Morgan fingerprint density at radius 1 is 1.33 bits per heavy atom. The van der Waals surface area contributed by atoms with Crippen molar-refractivity contribution in [2.75, 3.05) is 6.54 Å². The molecule has 1 nitrogen and oxygen atoms in total. The molecule has 3 heteroatoms. The van der Waals surface area contributed by atoms with Crippen LogP contribution in [0.15, 0.2) is 28.2 Å². The fraction of sp³-hybridized carbons (Fsp3) is 0.556. The standard InChI is InChI=1S/C18H25BrFN/c1-13(2)21-12-16(14-6-4-3-5-7-14)10-15-8-9-17(20)11-18(15)19/h8-11,13-14,21H,3-7,12H2,1-2H3/b16-10-. The van der Waals surface area contributed by atoms with Crippen molar-refractivity contribution in [3.63, 3.8) is 0 Å². The molecule has 0 saturated heterocycles. The quantitative estimate of drug-likeness (QED) is 0.731. The van der Waals surface area contributed by atoms with Gasteiger partial charge in [0, 0.05) is 17.1 Å². The normalized spacial score (nSPS) is 17.5. The zero-order chi connectivity index (χ0) is 15.2. The summed E-state index contributed by atoms with van der Waals surface area (Å²) in [5.74, 6) is 0.473. The molecular formula is C18H25BrFN. The second kappa shape index (κ2) is 8.09. The molecule has 0 spiro atoms. The molecule has 0 aliphatic heterocycles. The van der Waals surface area contributed by atoms with Crippen molar-refractivity contribution in [3.05, 3.63) is 39.6 Å². The number of hydrogen-bond acceptors (Lipinski definition) is 1. The molecule has 1 aromatic rings. The lowest BCUT2D eigenvalue weighted by atomic mass is 9.83. The maximum atomic E-state index is 13.2. The van der Waals surface area contributed by atoms with Crippen LogP contribution in [0.5, 0.6) is 0 Å². The fourth-order valence-corrected chi connectivity index (χ4v) is 3.39.